The van der Waals surface area contributed by atoms with Gasteiger partial charge in [0.25, 0.3) is 0 Å². The highest BCUT2D eigenvalue weighted by Gasteiger charge is 2.39. The molecule has 0 fully saturated rings. The molecule has 1 aromatic heterocycles. The van der Waals surface area contributed by atoms with Crippen molar-refractivity contribution >= 4 is 11.7 Å². The van der Waals surface area contributed by atoms with Gasteiger partial charge in [0, 0.05) is 23.8 Å². The first kappa shape index (κ1) is 20.5. The van der Waals surface area contributed by atoms with Crippen LogP contribution in [0.15, 0.2) is 53.7 Å². The molecule has 2 aliphatic rings. The van der Waals surface area contributed by atoms with Gasteiger partial charge in [-0.15, -0.1) is 0 Å². The number of aromatic nitrogens is 3. The van der Waals surface area contributed by atoms with E-state index in [4.69, 9.17) is 0 Å². The van der Waals surface area contributed by atoms with Gasteiger partial charge in [-0.3, -0.25) is 4.79 Å². The van der Waals surface area contributed by atoms with Crippen LogP contribution in [-0.2, 0) is 4.79 Å². The highest BCUT2D eigenvalue weighted by molar-refractivity contribution is 6.00. The zero-order chi connectivity index (χ0) is 22.6. The highest BCUT2D eigenvalue weighted by Crippen LogP contribution is 2.44. The molecule has 0 amide bonds. The van der Waals surface area contributed by atoms with Crippen molar-refractivity contribution in [2.45, 2.75) is 51.5 Å². The molecule has 2 atom stereocenters. The van der Waals surface area contributed by atoms with Crippen LogP contribution in [0, 0.1) is 18.6 Å². The molecule has 1 aliphatic carbocycles. The van der Waals surface area contributed by atoms with Gasteiger partial charge in [-0.1, -0.05) is 38.1 Å². The molecular weight excluding hydrogens is 410 g/mol. The Morgan fingerprint density at radius 3 is 2.38 bits per heavy atom. The summed E-state index contributed by atoms with van der Waals surface area (Å²) in [6.07, 6.45) is 0.946. The van der Waals surface area contributed by atoms with E-state index in [1.807, 2.05) is 0 Å². The number of carbonyl (C=O) groups is 1. The van der Waals surface area contributed by atoms with E-state index in [-0.39, 0.29) is 11.7 Å². The fraction of sp³-hybridized carbons (Fsp3) is 0.320. The molecule has 2 aromatic carbocycles. The summed E-state index contributed by atoms with van der Waals surface area (Å²) in [4.78, 5) is 17.8. The first-order valence-corrected chi connectivity index (χ1v) is 10.8. The minimum absolute atomic E-state index is 0.0235. The van der Waals surface area contributed by atoms with Crippen LogP contribution in [0.5, 0.6) is 0 Å². The van der Waals surface area contributed by atoms with E-state index in [0.717, 1.165) is 17.3 Å². The largest absolute Gasteiger partial charge is 0.328 e. The van der Waals surface area contributed by atoms with Crippen LogP contribution >= 0.6 is 0 Å². The molecule has 0 saturated heterocycles. The summed E-state index contributed by atoms with van der Waals surface area (Å²) in [5.41, 5.74) is 3.95. The predicted molar refractivity (Wildman–Crippen MR) is 117 cm³/mol. The van der Waals surface area contributed by atoms with Crippen molar-refractivity contribution < 1.29 is 13.6 Å². The predicted octanol–water partition coefficient (Wildman–Crippen LogP) is 5.40. The molecule has 0 saturated carbocycles. The third-order valence-electron chi connectivity index (χ3n) is 6.30. The molecule has 1 N–H and O–H groups in total. The van der Waals surface area contributed by atoms with Crippen molar-refractivity contribution in [3.05, 3.63) is 87.9 Å². The summed E-state index contributed by atoms with van der Waals surface area (Å²) in [6.45, 7) is 6.04. The van der Waals surface area contributed by atoms with Crippen LogP contribution in [0.3, 0.4) is 0 Å². The highest BCUT2D eigenvalue weighted by atomic mass is 19.1. The van der Waals surface area contributed by atoms with Crippen molar-refractivity contribution in [3.8, 4) is 0 Å². The summed E-state index contributed by atoms with van der Waals surface area (Å²) in [6, 6.07) is 11.0. The Labute approximate surface area is 185 Å². The second-order valence-corrected chi connectivity index (χ2v) is 8.90. The Balaban J connectivity index is 1.57. The van der Waals surface area contributed by atoms with E-state index >= 15 is 0 Å². The van der Waals surface area contributed by atoms with Crippen molar-refractivity contribution in [2.24, 2.45) is 0 Å². The van der Waals surface area contributed by atoms with Crippen LogP contribution in [0.4, 0.5) is 14.7 Å². The number of halogens is 2. The van der Waals surface area contributed by atoms with Crippen LogP contribution in [-0.4, -0.2) is 20.5 Å². The molecular formula is C25H24F2N4O. The monoisotopic (exact) mass is 434 g/mol. The zero-order valence-electron chi connectivity index (χ0n) is 18.2. The lowest BCUT2D eigenvalue weighted by atomic mass is 9.77. The number of carbonyl (C=O) groups excluding carboxylic acids is 1. The Hall–Kier alpha value is -3.35. The number of hydrogen-bond donors (Lipinski definition) is 1. The second-order valence-electron chi connectivity index (χ2n) is 8.90. The van der Waals surface area contributed by atoms with Gasteiger partial charge in [0.05, 0.1) is 0 Å². The van der Waals surface area contributed by atoms with Gasteiger partial charge in [-0.05, 0) is 54.0 Å². The average Bonchev–Trinajstić information content (AvgIpc) is 3.10. The number of nitrogens with one attached hydrogen (secondary N) is 1. The molecule has 3 aromatic rings. The van der Waals surface area contributed by atoms with Crippen molar-refractivity contribution in [1.82, 2.24) is 14.8 Å². The quantitative estimate of drug-likeness (QED) is 0.599. The molecule has 5 rings (SSSR count). The molecule has 0 bridgehead atoms. The number of anilines is 1. The van der Waals surface area contributed by atoms with Gasteiger partial charge >= 0.3 is 0 Å². The van der Waals surface area contributed by atoms with Gasteiger partial charge in [-0.25, -0.2) is 13.5 Å². The van der Waals surface area contributed by atoms with Crippen LogP contribution in [0.25, 0.3) is 0 Å². The molecule has 7 heteroatoms. The van der Waals surface area contributed by atoms with Crippen molar-refractivity contribution in [1.29, 1.82) is 0 Å². The first-order chi connectivity index (χ1) is 15.3. The zero-order valence-corrected chi connectivity index (χ0v) is 18.2. The third-order valence-corrected chi connectivity index (χ3v) is 6.30. The fourth-order valence-electron chi connectivity index (χ4n) is 4.75. The summed E-state index contributed by atoms with van der Waals surface area (Å²) in [5.74, 6) is 0.0203. The number of nitrogens with zero attached hydrogens (tertiary/aromatic N) is 3. The number of rotatable bonds is 3. The average molecular weight is 434 g/mol. The van der Waals surface area contributed by atoms with E-state index in [0.29, 0.717) is 41.7 Å². The van der Waals surface area contributed by atoms with Crippen molar-refractivity contribution in [2.75, 3.05) is 5.32 Å². The minimum atomic E-state index is -0.718. The number of allylic oxidation sites excluding steroid dienone is 2. The van der Waals surface area contributed by atoms with E-state index in [9.17, 15) is 13.6 Å². The number of benzene rings is 2. The maximum Gasteiger partial charge on any atom is 0.226 e. The van der Waals surface area contributed by atoms with Gasteiger partial charge in [0.1, 0.15) is 23.5 Å². The Kier molecular flexibility index (Phi) is 4.92. The van der Waals surface area contributed by atoms with Gasteiger partial charge in [-0.2, -0.15) is 10.1 Å². The van der Waals surface area contributed by atoms with E-state index in [2.05, 4.69) is 53.5 Å². The maximum absolute atomic E-state index is 14.1. The molecule has 2 heterocycles. The third kappa shape index (κ3) is 3.51. The van der Waals surface area contributed by atoms with Crippen LogP contribution < -0.4 is 5.32 Å². The van der Waals surface area contributed by atoms with E-state index in [1.54, 1.807) is 11.6 Å². The lowest BCUT2D eigenvalue weighted by molar-refractivity contribution is -0.116. The lowest BCUT2D eigenvalue weighted by Crippen LogP contribution is -2.33. The summed E-state index contributed by atoms with van der Waals surface area (Å²) in [7, 11) is 0. The molecule has 2 unspecified atom stereocenters. The smallest absolute Gasteiger partial charge is 0.226 e. The number of hydrogen-bond acceptors (Lipinski definition) is 4. The molecule has 32 heavy (non-hydrogen) atoms. The van der Waals surface area contributed by atoms with E-state index < -0.39 is 17.7 Å². The molecule has 0 spiro atoms. The molecule has 5 nitrogen and oxygen atoms in total. The van der Waals surface area contributed by atoms with Crippen LogP contribution in [0.1, 0.15) is 67.1 Å². The number of Topliss-reactive ketones (excluding diaryl/α,β-unsaturated/α-hetero) is 1. The van der Waals surface area contributed by atoms with Gasteiger partial charge in [0.15, 0.2) is 5.78 Å². The maximum atomic E-state index is 14.1. The SMILES string of the molecule is Cc1nc2n(n1)C(c1cc(F)cc(F)c1)C1=C(CC(c3ccc(C(C)C)cc3)CC1=O)N2. The number of aryl methyl sites for hydroxylation is 1. The standard InChI is InChI=1S/C25H24F2N4O/c1-13(2)15-4-6-16(7-5-15)17-10-21-23(22(32)11-17)24(18-8-19(26)12-20(27)9-18)31-25(29-21)28-14(3)30-31/h4-9,12-13,17,24H,10-11H2,1-3H3,(H,28,29,30). The number of ketones is 1. The topological polar surface area (TPSA) is 59.8 Å². The fourth-order valence-corrected chi connectivity index (χ4v) is 4.75. The second kappa shape index (κ2) is 7.65. The normalized spacial score (nSPS) is 20.2. The minimum Gasteiger partial charge on any atom is -0.328 e. The Morgan fingerprint density at radius 2 is 1.72 bits per heavy atom. The summed E-state index contributed by atoms with van der Waals surface area (Å²) in [5, 5.41) is 7.68. The first-order valence-electron chi connectivity index (χ1n) is 10.8. The van der Waals surface area contributed by atoms with Gasteiger partial charge < -0.3 is 5.32 Å². The molecule has 1 aliphatic heterocycles. The number of fused-ring (bicyclic) bond motifs is 1. The molecule has 164 valence electrons. The van der Waals surface area contributed by atoms with Gasteiger partial charge in [0.2, 0.25) is 5.95 Å². The Bertz CT molecular complexity index is 1220. The van der Waals surface area contributed by atoms with Crippen molar-refractivity contribution in [3.63, 3.8) is 0 Å². The van der Waals surface area contributed by atoms with Crippen LogP contribution in [0.2, 0.25) is 0 Å². The lowest BCUT2D eigenvalue weighted by Gasteiger charge is -2.35. The summed E-state index contributed by atoms with van der Waals surface area (Å²) < 4.78 is 29.7. The summed E-state index contributed by atoms with van der Waals surface area (Å²) >= 11 is 0. The molecule has 0 radical (unpaired) electrons. The van der Waals surface area contributed by atoms with E-state index in [1.165, 1.54) is 17.7 Å². The Morgan fingerprint density at radius 1 is 1.03 bits per heavy atom.